The summed E-state index contributed by atoms with van der Waals surface area (Å²) in [5, 5.41) is 4.42. The number of carbonyl (C=O) groups is 1. The maximum atomic E-state index is 11.3. The molecule has 3 nitrogen and oxygen atoms in total. The number of hydrogen-bond acceptors (Lipinski definition) is 2. The SMILES string of the molecule is CCCCCCCn1cc(-c2ccc(C(C)=O)cc2)cn1. The van der Waals surface area contributed by atoms with Crippen LogP contribution in [-0.2, 0) is 6.54 Å². The lowest BCUT2D eigenvalue weighted by molar-refractivity contribution is 0.101. The third kappa shape index (κ3) is 4.55. The zero-order valence-corrected chi connectivity index (χ0v) is 13.0. The second kappa shape index (κ2) is 7.77. The van der Waals surface area contributed by atoms with Crippen LogP contribution in [0.3, 0.4) is 0 Å². The fourth-order valence-electron chi connectivity index (χ4n) is 2.41. The Bertz CT molecular complexity index is 569. The number of hydrogen-bond donors (Lipinski definition) is 0. The van der Waals surface area contributed by atoms with Gasteiger partial charge in [-0.1, -0.05) is 56.9 Å². The topological polar surface area (TPSA) is 34.9 Å². The van der Waals surface area contributed by atoms with Crippen molar-refractivity contribution in [3.05, 3.63) is 42.2 Å². The highest BCUT2D eigenvalue weighted by atomic mass is 16.1. The van der Waals surface area contributed by atoms with Crippen molar-refractivity contribution in [2.45, 2.75) is 52.5 Å². The summed E-state index contributed by atoms with van der Waals surface area (Å²) < 4.78 is 2.01. The highest BCUT2D eigenvalue weighted by Crippen LogP contribution is 2.19. The van der Waals surface area contributed by atoms with E-state index in [1.165, 1.54) is 32.1 Å². The minimum Gasteiger partial charge on any atom is -0.295 e. The first kappa shape index (κ1) is 15.5. The van der Waals surface area contributed by atoms with Gasteiger partial charge >= 0.3 is 0 Å². The van der Waals surface area contributed by atoms with E-state index in [4.69, 9.17) is 0 Å². The van der Waals surface area contributed by atoms with E-state index in [0.717, 1.165) is 23.2 Å². The number of aromatic nitrogens is 2. The van der Waals surface area contributed by atoms with Crippen molar-refractivity contribution >= 4 is 5.78 Å². The number of Topliss-reactive ketones (excluding diaryl/α,β-unsaturated/α-hetero) is 1. The second-order valence-corrected chi connectivity index (χ2v) is 5.54. The summed E-state index contributed by atoms with van der Waals surface area (Å²) in [6.45, 7) is 4.80. The van der Waals surface area contributed by atoms with Crippen molar-refractivity contribution in [3.63, 3.8) is 0 Å². The largest absolute Gasteiger partial charge is 0.295 e. The molecule has 0 saturated heterocycles. The van der Waals surface area contributed by atoms with Crippen LogP contribution in [0.2, 0.25) is 0 Å². The summed E-state index contributed by atoms with van der Waals surface area (Å²) in [7, 11) is 0. The van der Waals surface area contributed by atoms with Crippen molar-refractivity contribution in [1.82, 2.24) is 9.78 Å². The third-order valence-electron chi connectivity index (χ3n) is 3.75. The molecule has 0 saturated carbocycles. The van der Waals surface area contributed by atoms with Crippen LogP contribution in [0.4, 0.5) is 0 Å². The quantitative estimate of drug-likeness (QED) is 0.519. The molecule has 3 heteroatoms. The van der Waals surface area contributed by atoms with Crippen LogP contribution < -0.4 is 0 Å². The molecule has 1 aromatic carbocycles. The lowest BCUT2D eigenvalue weighted by Gasteiger charge is -2.01. The number of benzene rings is 1. The van der Waals surface area contributed by atoms with Crippen molar-refractivity contribution in [1.29, 1.82) is 0 Å². The first-order valence-corrected chi connectivity index (χ1v) is 7.84. The van der Waals surface area contributed by atoms with E-state index >= 15 is 0 Å². The van der Waals surface area contributed by atoms with Gasteiger partial charge in [-0.2, -0.15) is 5.10 Å². The van der Waals surface area contributed by atoms with E-state index in [-0.39, 0.29) is 5.78 Å². The molecule has 0 radical (unpaired) electrons. The maximum absolute atomic E-state index is 11.3. The summed E-state index contributed by atoms with van der Waals surface area (Å²) in [4.78, 5) is 11.3. The van der Waals surface area contributed by atoms with Gasteiger partial charge in [0, 0.05) is 23.9 Å². The first-order chi connectivity index (χ1) is 10.2. The Morgan fingerprint density at radius 2 is 1.76 bits per heavy atom. The average Bonchev–Trinajstić information content (AvgIpc) is 2.96. The molecule has 2 aromatic rings. The number of ketones is 1. The van der Waals surface area contributed by atoms with Crippen LogP contribution >= 0.6 is 0 Å². The molecule has 21 heavy (non-hydrogen) atoms. The van der Waals surface area contributed by atoms with Gasteiger partial charge < -0.3 is 0 Å². The Morgan fingerprint density at radius 3 is 2.43 bits per heavy atom. The predicted octanol–water partition coefficient (Wildman–Crippen LogP) is 4.72. The number of carbonyl (C=O) groups excluding carboxylic acids is 1. The van der Waals surface area contributed by atoms with Gasteiger partial charge in [0.15, 0.2) is 5.78 Å². The van der Waals surface area contributed by atoms with Gasteiger partial charge in [-0.25, -0.2) is 0 Å². The van der Waals surface area contributed by atoms with Crippen LogP contribution in [0.15, 0.2) is 36.7 Å². The number of nitrogens with zero attached hydrogens (tertiary/aromatic N) is 2. The van der Waals surface area contributed by atoms with Crippen molar-refractivity contribution < 1.29 is 4.79 Å². The van der Waals surface area contributed by atoms with Crippen molar-refractivity contribution in [2.24, 2.45) is 0 Å². The fraction of sp³-hybridized carbons (Fsp3) is 0.444. The van der Waals surface area contributed by atoms with Gasteiger partial charge in [-0.05, 0) is 18.9 Å². The Balaban J connectivity index is 1.91. The van der Waals surface area contributed by atoms with E-state index in [1.807, 2.05) is 35.1 Å². The molecular formula is C18H24N2O. The van der Waals surface area contributed by atoms with Gasteiger partial charge in [0.1, 0.15) is 0 Å². The number of unbranched alkanes of at least 4 members (excludes halogenated alkanes) is 4. The Morgan fingerprint density at radius 1 is 1.05 bits per heavy atom. The molecule has 0 spiro atoms. The Kier molecular flexibility index (Phi) is 5.73. The monoisotopic (exact) mass is 284 g/mol. The van der Waals surface area contributed by atoms with Crippen molar-refractivity contribution in [2.75, 3.05) is 0 Å². The normalized spacial score (nSPS) is 10.8. The molecule has 0 fully saturated rings. The van der Waals surface area contributed by atoms with Crippen LogP contribution in [-0.4, -0.2) is 15.6 Å². The van der Waals surface area contributed by atoms with Crippen LogP contribution in [0.25, 0.3) is 11.1 Å². The summed E-state index contributed by atoms with van der Waals surface area (Å²) >= 11 is 0. The molecule has 0 aliphatic carbocycles. The highest BCUT2D eigenvalue weighted by molar-refractivity contribution is 5.94. The van der Waals surface area contributed by atoms with E-state index in [1.54, 1.807) is 6.92 Å². The van der Waals surface area contributed by atoms with Crippen LogP contribution in [0.1, 0.15) is 56.3 Å². The molecule has 0 bridgehead atoms. The van der Waals surface area contributed by atoms with E-state index < -0.39 is 0 Å². The van der Waals surface area contributed by atoms with Gasteiger partial charge in [0.2, 0.25) is 0 Å². The van der Waals surface area contributed by atoms with E-state index in [9.17, 15) is 4.79 Å². The first-order valence-electron chi connectivity index (χ1n) is 7.84. The lowest BCUT2D eigenvalue weighted by Crippen LogP contribution is -1.97. The standard InChI is InChI=1S/C18H24N2O/c1-3-4-5-6-7-12-20-14-18(13-19-20)17-10-8-16(9-11-17)15(2)21/h8-11,13-14H,3-7,12H2,1-2H3. The zero-order valence-electron chi connectivity index (χ0n) is 13.0. The van der Waals surface area contributed by atoms with Gasteiger partial charge in [0.05, 0.1) is 6.20 Å². The average molecular weight is 284 g/mol. The molecule has 1 heterocycles. The zero-order chi connectivity index (χ0) is 15.1. The summed E-state index contributed by atoms with van der Waals surface area (Å²) in [5.74, 6) is 0.101. The minimum absolute atomic E-state index is 0.101. The van der Waals surface area contributed by atoms with Crippen LogP contribution in [0.5, 0.6) is 0 Å². The van der Waals surface area contributed by atoms with Crippen molar-refractivity contribution in [3.8, 4) is 11.1 Å². The predicted molar refractivity (Wildman–Crippen MR) is 86.4 cm³/mol. The molecular weight excluding hydrogens is 260 g/mol. The summed E-state index contributed by atoms with van der Waals surface area (Å²) in [6.07, 6.45) is 10.4. The molecule has 2 rings (SSSR count). The molecule has 0 amide bonds. The molecule has 0 N–H and O–H groups in total. The molecule has 1 aromatic heterocycles. The molecule has 0 unspecified atom stereocenters. The smallest absolute Gasteiger partial charge is 0.159 e. The second-order valence-electron chi connectivity index (χ2n) is 5.54. The molecule has 112 valence electrons. The van der Waals surface area contributed by atoms with Gasteiger partial charge in [0.25, 0.3) is 0 Å². The Labute approximate surface area is 127 Å². The number of rotatable bonds is 8. The fourth-order valence-corrected chi connectivity index (χ4v) is 2.41. The molecule has 0 atom stereocenters. The van der Waals surface area contributed by atoms with E-state index in [0.29, 0.717) is 0 Å². The third-order valence-corrected chi connectivity index (χ3v) is 3.75. The lowest BCUT2D eigenvalue weighted by atomic mass is 10.1. The number of aryl methyl sites for hydroxylation is 1. The highest BCUT2D eigenvalue weighted by Gasteiger charge is 2.03. The van der Waals surface area contributed by atoms with Gasteiger partial charge in [-0.3, -0.25) is 9.48 Å². The van der Waals surface area contributed by atoms with Crippen LogP contribution in [0, 0.1) is 0 Å². The van der Waals surface area contributed by atoms with E-state index in [2.05, 4.69) is 18.2 Å². The minimum atomic E-state index is 0.101. The maximum Gasteiger partial charge on any atom is 0.159 e. The van der Waals surface area contributed by atoms with Gasteiger partial charge in [-0.15, -0.1) is 0 Å². The summed E-state index contributed by atoms with van der Waals surface area (Å²) in [6, 6.07) is 7.72. The Hall–Kier alpha value is -1.90. The summed E-state index contributed by atoms with van der Waals surface area (Å²) in [5.41, 5.74) is 2.97. The molecule has 0 aliphatic rings. The molecule has 0 aliphatic heterocycles.